The van der Waals surface area contributed by atoms with Crippen molar-refractivity contribution in [2.24, 2.45) is 0 Å². The minimum atomic E-state index is -0.424. The number of carbonyl (C=O) groups excluding carboxylic acids is 3. The molecule has 0 spiro atoms. The van der Waals surface area contributed by atoms with E-state index in [4.69, 9.17) is 14.2 Å². The highest BCUT2D eigenvalue weighted by atomic mass is 16.5. The molecule has 0 aliphatic carbocycles. The Morgan fingerprint density at radius 3 is 2.56 bits per heavy atom. The van der Waals surface area contributed by atoms with E-state index in [-0.39, 0.29) is 25.0 Å². The summed E-state index contributed by atoms with van der Waals surface area (Å²) in [5, 5.41) is 10.1. The van der Waals surface area contributed by atoms with Gasteiger partial charge in [0.2, 0.25) is 0 Å². The summed E-state index contributed by atoms with van der Waals surface area (Å²) in [5.74, 6) is 0.281. The van der Waals surface area contributed by atoms with E-state index in [0.717, 1.165) is 0 Å². The lowest BCUT2D eigenvalue weighted by Gasteiger charge is -2.13. The smallest absolute Gasteiger partial charge is 0.338 e. The number of ether oxygens (including phenoxy) is 3. The third kappa shape index (κ3) is 6.32. The van der Waals surface area contributed by atoms with Crippen LogP contribution in [-0.4, -0.2) is 63.9 Å². The average Bonchev–Trinajstić information content (AvgIpc) is 3.43. The molecule has 0 saturated heterocycles. The Labute approximate surface area is 235 Å². The zero-order chi connectivity index (χ0) is 28.8. The quantitative estimate of drug-likeness (QED) is 0.281. The van der Waals surface area contributed by atoms with Gasteiger partial charge in [-0.25, -0.2) is 14.8 Å². The number of benzene rings is 2. The Kier molecular flexibility index (Phi) is 8.18. The summed E-state index contributed by atoms with van der Waals surface area (Å²) in [5.41, 5.74) is 3.23. The minimum Gasteiger partial charge on any atom is -0.490 e. The average molecular weight is 557 g/mol. The molecule has 12 heteroatoms. The van der Waals surface area contributed by atoms with Gasteiger partial charge in [-0.15, -0.1) is 0 Å². The molecule has 2 aromatic carbocycles. The number of fused-ring (bicyclic) bond motifs is 1. The van der Waals surface area contributed by atoms with Crippen LogP contribution in [0.25, 0.3) is 22.8 Å². The predicted octanol–water partition coefficient (Wildman–Crippen LogP) is 3.34. The van der Waals surface area contributed by atoms with Crippen molar-refractivity contribution in [1.82, 2.24) is 25.1 Å². The Hall–Kier alpha value is -5.26. The molecule has 41 heavy (non-hydrogen) atoms. The van der Waals surface area contributed by atoms with E-state index in [1.54, 1.807) is 72.4 Å². The summed E-state index contributed by atoms with van der Waals surface area (Å²) in [6, 6.07) is 15.0. The fourth-order valence-corrected chi connectivity index (χ4v) is 4.18. The molecule has 0 atom stereocenters. The number of nitrogens with one attached hydrogen (secondary N) is 2. The second kappa shape index (κ2) is 12.3. The van der Waals surface area contributed by atoms with E-state index in [1.807, 2.05) is 6.92 Å². The molecule has 2 N–H and O–H groups in total. The molecular weight excluding hydrogens is 528 g/mol. The first-order valence-corrected chi connectivity index (χ1v) is 13.1. The predicted molar refractivity (Wildman–Crippen MR) is 149 cm³/mol. The fourth-order valence-electron chi connectivity index (χ4n) is 4.18. The lowest BCUT2D eigenvalue weighted by Crippen LogP contribution is -2.35. The molecule has 2 aromatic heterocycles. The zero-order valence-electron chi connectivity index (χ0n) is 22.5. The second-order valence-electron chi connectivity index (χ2n) is 8.89. The Bertz CT molecular complexity index is 1580. The topological polar surface area (TPSA) is 147 Å². The van der Waals surface area contributed by atoms with Gasteiger partial charge in [-0.1, -0.05) is 0 Å². The number of hydrogen-bond acceptors (Lipinski definition) is 9. The van der Waals surface area contributed by atoms with Crippen LogP contribution in [0.3, 0.4) is 0 Å². The molecule has 0 saturated carbocycles. The number of anilines is 1. The molecule has 2 amide bonds. The van der Waals surface area contributed by atoms with E-state index in [9.17, 15) is 14.4 Å². The van der Waals surface area contributed by atoms with Crippen molar-refractivity contribution < 1.29 is 28.6 Å². The van der Waals surface area contributed by atoms with Gasteiger partial charge in [0.1, 0.15) is 11.4 Å². The number of esters is 1. The number of aromatic nitrogens is 4. The highest BCUT2D eigenvalue weighted by Crippen LogP contribution is 2.32. The lowest BCUT2D eigenvalue weighted by molar-refractivity contribution is -0.118. The van der Waals surface area contributed by atoms with E-state index in [0.29, 0.717) is 70.9 Å². The number of hydrogen-bond donors (Lipinski definition) is 2. The van der Waals surface area contributed by atoms with Crippen molar-refractivity contribution >= 4 is 23.5 Å². The van der Waals surface area contributed by atoms with Gasteiger partial charge >= 0.3 is 5.97 Å². The maximum atomic E-state index is 12.5. The molecule has 1 aliphatic rings. The molecule has 1 aliphatic heterocycles. The van der Waals surface area contributed by atoms with Gasteiger partial charge in [0.15, 0.2) is 23.9 Å². The van der Waals surface area contributed by atoms with Gasteiger partial charge in [-0.3, -0.25) is 14.3 Å². The van der Waals surface area contributed by atoms with Gasteiger partial charge in [-0.05, 0) is 68.4 Å². The zero-order valence-corrected chi connectivity index (χ0v) is 22.5. The van der Waals surface area contributed by atoms with Crippen LogP contribution in [-0.2, 0) is 16.1 Å². The summed E-state index contributed by atoms with van der Waals surface area (Å²) < 4.78 is 18.2. The van der Waals surface area contributed by atoms with Crippen LogP contribution in [0.15, 0.2) is 60.8 Å². The summed E-state index contributed by atoms with van der Waals surface area (Å²) in [7, 11) is 0. The van der Waals surface area contributed by atoms with Crippen molar-refractivity contribution in [3.8, 4) is 34.3 Å². The van der Waals surface area contributed by atoms with Crippen LogP contribution < -0.4 is 20.1 Å². The van der Waals surface area contributed by atoms with E-state index < -0.39 is 5.97 Å². The Balaban J connectivity index is 1.27. The van der Waals surface area contributed by atoms with Gasteiger partial charge < -0.3 is 24.8 Å². The first kappa shape index (κ1) is 27.3. The maximum absolute atomic E-state index is 12.5. The molecule has 0 radical (unpaired) electrons. The van der Waals surface area contributed by atoms with E-state index >= 15 is 0 Å². The summed E-state index contributed by atoms with van der Waals surface area (Å²) in [6.45, 7) is 5.11. The molecule has 0 fully saturated rings. The molecule has 0 bridgehead atoms. The monoisotopic (exact) mass is 556 g/mol. The van der Waals surface area contributed by atoms with E-state index in [1.165, 1.54) is 0 Å². The summed E-state index contributed by atoms with van der Waals surface area (Å²) >= 11 is 0. The number of rotatable bonds is 10. The Morgan fingerprint density at radius 1 is 0.976 bits per heavy atom. The highest BCUT2D eigenvalue weighted by molar-refractivity contribution is 5.94. The van der Waals surface area contributed by atoms with Gasteiger partial charge in [0.05, 0.1) is 31.0 Å². The standard InChI is InChI=1S/C29H28N6O6/c1-3-39-25-15-19(27-30-12-11-21(33-27)22-16-23-28(37)31-13-14-35(23)34-22)7-10-24(25)41-17-26(36)32-20-8-5-18(6-9-20)29(38)40-4-2/h5-12,15-16H,3-4,13-14,17H2,1-2H3,(H,31,37)(H,32,36). The first-order valence-electron chi connectivity index (χ1n) is 13.1. The van der Waals surface area contributed by atoms with Gasteiger partial charge in [0, 0.05) is 24.0 Å². The molecule has 5 rings (SSSR count). The molecule has 12 nitrogen and oxygen atoms in total. The largest absolute Gasteiger partial charge is 0.490 e. The Morgan fingerprint density at radius 2 is 1.80 bits per heavy atom. The van der Waals surface area contributed by atoms with Gasteiger partial charge in [0.25, 0.3) is 11.8 Å². The fraction of sp³-hybridized carbons (Fsp3) is 0.241. The van der Waals surface area contributed by atoms with Crippen molar-refractivity contribution in [3.05, 3.63) is 72.1 Å². The third-order valence-electron chi connectivity index (χ3n) is 6.08. The number of nitrogens with zero attached hydrogens (tertiary/aromatic N) is 4. The molecule has 3 heterocycles. The van der Waals surface area contributed by atoms with Crippen molar-refractivity contribution in [2.45, 2.75) is 20.4 Å². The van der Waals surface area contributed by atoms with Crippen LogP contribution in [0.1, 0.15) is 34.7 Å². The lowest BCUT2D eigenvalue weighted by atomic mass is 10.1. The second-order valence-corrected chi connectivity index (χ2v) is 8.89. The first-order chi connectivity index (χ1) is 19.9. The molecule has 210 valence electrons. The highest BCUT2D eigenvalue weighted by Gasteiger charge is 2.21. The van der Waals surface area contributed by atoms with Crippen LogP contribution in [0, 0.1) is 0 Å². The third-order valence-corrected chi connectivity index (χ3v) is 6.08. The van der Waals surface area contributed by atoms with Crippen LogP contribution in [0.5, 0.6) is 11.5 Å². The van der Waals surface area contributed by atoms with Crippen molar-refractivity contribution in [1.29, 1.82) is 0 Å². The SMILES string of the molecule is CCOC(=O)c1ccc(NC(=O)COc2ccc(-c3nccc(-c4cc5n(n4)CCNC5=O)n3)cc2OCC)cc1. The van der Waals surface area contributed by atoms with Crippen molar-refractivity contribution in [3.63, 3.8) is 0 Å². The van der Waals surface area contributed by atoms with Crippen molar-refractivity contribution in [2.75, 3.05) is 31.7 Å². The van der Waals surface area contributed by atoms with Crippen LogP contribution >= 0.6 is 0 Å². The van der Waals surface area contributed by atoms with E-state index in [2.05, 4.69) is 25.7 Å². The number of amides is 2. The molecule has 0 unspecified atom stereocenters. The van der Waals surface area contributed by atoms with Crippen LogP contribution in [0.4, 0.5) is 5.69 Å². The summed E-state index contributed by atoms with van der Waals surface area (Å²) in [6.07, 6.45) is 1.63. The normalized spacial score (nSPS) is 12.2. The molecule has 4 aromatic rings. The maximum Gasteiger partial charge on any atom is 0.338 e. The minimum absolute atomic E-state index is 0.165. The number of carbonyl (C=O) groups is 3. The van der Waals surface area contributed by atoms with Gasteiger partial charge in [-0.2, -0.15) is 5.10 Å². The molecular formula is C29H28N6O6. The summed E-state index contributed by atoms with van der Waals surface area (Å²) in [4.78, 5) is 45.5. The van der Waals surface area contributed by atoms with Crippen LogP contribution in [0.2, 0.25) is 0 Å².